The van der Waals surface area contributed by atoms with E-state index < -0.39 is 0 Å². The van der Waals surface area contributed by atoms with Gasteiger partial charge in [0.05, 0.1) is 5.69 Å². The molecule has 0 aliphatic heterocycles. The van der Waals surface area contributed by atoms with Gasteiger partial charge in [-0.25, -0.2) is 9.67 Å². The van der Waals surface area contributed by atoms with Crippen molar-refractivity contribution in [3.63, 3.8) is 0 Å². The SMILES string of the molecule is C[C@H](N[C@@H]1C[C@H]2C[C@H]1[C@H]1CCC[C@H]21)c1ccc(-n2cncn2)cc1. The third-order valence-corrected chi connectivity index (χ3v) is 6.97. The summed E-state index contributed by atoms with van der Waals surface area (Å²) in [6, 6.07) is 9.87. The van der Waals surface area contributed by atoms with Gasteiger partial charge in [0.25, 0.3) is 0 Å². The van der Waals surface area contributed by atoms with E-state index in [0.717, 1.165) is 35.4 Å². The van der Waals surface area contributed by atoms with Crippen LogP contribution in [0.15, 0.2) is 36.9 Å². The number of nitrogens with one attached hydrogen (secondary N) is 1. The lowest BCUT2D eigenvalue weighted by Crippen LogP contribution is -2.40. The summed E-state index contributed by atoms with van der Waals surface area (Å²) >= 11 is 0. The molecule has 24 heavy (non-hydrogen) atoms. The van der Waals surface area contributed by atoms with Gasteiger partial charge in [0.2, 0.25) is 0 Å². The molecule has 2 aromatic rings. The molecule has 0 saturated heterocycles. The predicted molar refractivity (Wildman–Crippen MR) is 93.7 cm³/mol. The molecule has 4 nitrogen and oxygen atoms in total. The van der Waals surface area contributed by atoms with E-state index >= 15 is 0 Å². The van der Waals surface area contributed by atoms with Crippen LogP contribution in [0.4, 0.5) is 0 Å². The number of aromatic nitrogens is 3. The van der Waals surface area contributed by atoms with Gasteiger partial charge < -0.3 is 5.32 Å². The zero-order valence-corrected chi connectivity index (χ0v) is 14.3. The fourth-order valence-corrected chi connectivity index (χ4v) is 5.93. The molecule has 0 unspecified atom stereocenters. The Bertz CT molecular complexity index is 693. The molecule has 126 valence electrons. The molecule has 1 aromatic heterocycles. The van der Waals surface area contributed by atoms with Gasteiger partial charge in [-0.15, -0.1) is 0 Å². The summed E-state index contributed by atoms with van der Waals surface area (Å²) in [5, 5.41) is 8.15. The van der Waals surface area contributed by atoms with Gasteiger partial charge in [0.1, 0.15) is 12.7 Å². The fraction of sp³-hybridized carbons (Fsp3) is 0.600. The highest BCUT2D eigenvalue weighted by molar-refractivity contribution is 5.34. The molecule has 6 atom stereocenters. The first kappa shape index (κ1) is 14.6. The Labute approximate surface area is 143 Å². The maximum absolute atomic E-state index is 4.19. The maximum atomic E-state index is 4.19. The lowest BCUT2D eigenvalue weighted by Gasteiger charge is -2.34. The van der Waals surface area contributed by atoms with Crippen LogP contribution in [0.2, 0.25) is 0 Å². The molecule has 0 spiro atoms. The summed E-state index contributed by atoms with van der Waals surface area (Å²) in [4.78, 5) is 4.01. The van der Waals surface area contributed by atoms with Crippen molar-refractivity contribution in [1.82, 2.24) is 20.1 Å². The van der Waals surface area contributed by atoms with E-state index in [1.165, 1.54) is 37.7 Å². The summed E-state index contributed by atoms with van der Waals surface area (Å²) in [7, 11) is 0. The molecule has 5 rings (SSSR count). The van der Waals surface area contributed by atoms with Crippen LogP contribution in [-0.2, 0) is 0 Å². The van der Waals surface area contributed by atoms with E-state index in [4.69, 9.17) is 0 Å². The summed E-state index contributed by atoms with van der Waals surface area (Å²) in [5.74, 6) is 4.06. The van der Waals surface area contributed by atoms with E-state index in [0.29, 0.717) is 6.04 Å². The van der Waals surface area contributed by atoms with E-state index in [2.05, 4.69) is 46.6 Å². The molecular weight excluding hydrogens is 296 g/mol. The molecule has 3 aliphatic rings. The minimum atomic E-state index is 0.416. The first-order valence-electron chi connectivity index (χ1n) is 9.50. The number of nitrogens with zero attached hydrogens (tertiary/aromatic N) is 3. The zero-order valence-electron chi connectivity index (χ0n) is 14.3. The van der Waals surface area contributed by atoms with Crippen molar-refractivity contribution in [1.29, 1.82) is 0 Å². The molecule has 3 aliphatic carbocycles. The van der Waals surface area contributed by atoms with Crippen molar-refractivity contribution in [2.45, 2.75) is 51.1 Å². The third kappa shape index (κ3) is 2.31. The van der Waals surface area contributed by atoms with Crippen LogP contribution in [0.25, 0.3) is 5.69 Å². The number of rotatable bonds is 4. The molecule has 4 heteroatoms. The summed E-state index contributed by atoms with van der Waals surface area (Å²) in [6.07, 6.45) is 10.7. The van der Waals surface area contributed by atoms with Crippen LogP contribution >= 0.6 is 0 Å². The lowest BCUT2D eigenvalue weighted by molar-refractivity contribution is 0.200. The number of benzene rings is 1. The van der Waals surface area contributed by atoms with Gasteiger partial charge in [-0.05, 0) is 74.0 Å². The molecule has 1 aromatic carbocycles. The Kier molecular flexibility index (Phi) is 3.47. The van der Waals surface area contributed by atoms with Crippen LogP contribution < -0.4 is 5.32 Å². The standard InChI is InChI=1S/C20H26N4/c1-13(14-5-7-16(8-6-14)24-12-21-11-22-24)23-20-10-15-9-19(20)18-4-2-3-17(15)18/h5-8,11-13,15,17-20,23H,2-4,9-10H2,1H3/t13-,15+,17+,18-,19-,20+/m0/s1. The minimum absolute atomic E-state index is 0.416. The summed E-state index contributed by atoms with van der Waals surface area (Å²) < 4.78 is 1.80. The Morgan fingerprint density at radius 3 is 2.71 bits per heavy atom. The zero-order chi connectivity index (χ0) is 16.1. The smallest absolute Gasteiger partial charge is 0.138 e. The molecule has 1 heterocycles. The van der Waals surface area contributed by atoms with E-state index in [1.54, 1.807) is 17.3 Å². The molecule has 2 bridgehead atoms. The number of hydrogen-bond acceptors (Lipinski definition) is 3. The van der Waals surface area contributed by atoms with Crippen LogP contribution in [0, 0.1) is 23.7 Å². The normalized spacial score (nSPS) is 35.3. The monoisotopic (exact) mass is 322 g/mol. The Morgan fingerprint density at radius 2 is 1.92 bits per heavy atom. The molecular formula is C20H26N4. The van der Waals surface area contributed by atoms with Gasteiger partial charge in [-0.3, -0.25) is 0 Å². The van der Waals surface area contributed by atoms with Crippen molar-refractivity contribution in [3.05, 3.63) is 42.5 Å². The van der Waals surface area contributed by atoms with Crippen molar-refractivity contribution in [3.8, 4) is 5.69 Å². The molecule has 0 amide bonds. The van der Waals surface area contributed by atoms with Gasteiger partial charge in [0, 0.05) is 12.1 Å². The Balaban J connectivity index is 1.27. The fourth-order valence-electron chi connectivity index (χ4n) is 5.93. The highest BCUT2D eigenvalue weighted by Crippen LogP contribution is 2.58. The second kappa shape index (κ2) is 5.69. The molecule has 0 radical (unpaired) electrons. The van der Waals surface area contributed by atoms with Gasteiger partial charge >= 0.3 is 0 Å². The Hall–Kier alpha value is -1.68. The topological polar surface area (TPSA) is 42.7 Å². The predicted octanol–water partition coefficient (Wildman–Crippen LogP) is 3.74. The van der Waals surface area contributed by atoms with E-state index in [-0.39, 0.29) is 0 Å². The van der Waals surface area contributed by atoms with Crippen LogP contribution in [-0.4, -0.2) is 20.8 Å². The molecule has 3 saturated carbocycles. The molecule has 1 N–H and O–H groups in total. The van der Waals surface area contributed by atoms with Crippen molar-refractivity contribution >= 4 is 0 Å². The van der Waals surface area contributed by atoms with Crippen molar-refractivity contribution in [2.24, 2.45) is 23.7 Å². The average Bonchev–Trinajstić information content (AvgIpc) is 3.36. The van der Waals surface area contributed by atoms with Crippen LogP contribution in [0.5, 0.6) is 0 Å². The quantitative estimate of drug-likeness (QED) is 0.932. The second-order valence-electron chi connectivity index (χ2n) is 8.08. The van der Waals surface area contributed by atoms with Crippen LogP contribution in [0.3, 0.4) is 0 Å². The average molecular weight is 322 g/mol. The Morgan fingerprint density at radius 1 is 1.08 bits per heavy atom. The highest BCUT2D eigenvalue weighted by atomic mass is 15.3. The summed E-state index contributed by atoms with van der Waals surface area (Å²) in [5.41, 5.74) is 2.43. The van der Waals surface area contributed by atoms with Gasteiger partial charge in [0.15, 0.2) is 0 Å². The minimum Gasteiger partial charge on any atom is -0.307 e. The number of hydrogen-bond donors (Lipinski definition) is 1. The van der Waals surface area contributed by atoms with E-state index in [1.807, 2.05) is 0 Å². The third-order valence-electron chi connectivity index (χ3n) is 6.97. The molecule has 3 fully saturated rings. The van der Waals surface area contributed by atoms with Crippen LogP contribution in [0.1, 0.15) is 50.6 Å². The maximum Gasteiger partial charge on any atom is 0.138 e. The second-order valence-corrected chi connectivity index (χ2v) is 8.08. The van der Waals surface area contributed by atoms with E-state index in [9.17, 15) is 0 Å². The summed E-state index contributed by atoms with van der Waals surface area (Å²) in [6.45, 7) is 2.31. The first-order valence-corrected chi connectivity index (χ1v) is 9.50. The largest absolute Gasteiger partial charge is 0.307 e. The highest BCUT2D eigenvalue weighted by Gasteiger charge is 2.53. The first-order chi connectivity index (χ1) is 11.8. The van der Waals surface area contributed by atoms with Crippen molar-refractivity contribution in [2.75, 3.05) is 0 Å². The van der Waals surface area contributed by atoms with Crippen molar-refractivity contribution < 1.29 is 0 Å². The van der Waals surface area contributed by atoms with Gasteiger partial charge in [-0.2, -0.15) is 5.10 Å². The number of fused-ring (bicyclic) bond motifs is 5. The lowest BCUT2D eigenvalue weighted by atomic mass is 9.79. The van der Waals surface area contributed by atoms with Gasteiger partial charge in [-0.1, -0.05) is 18.6 Å².